The van der Waals surface area contributed by atoms with Crippen molar-refractivity contribution in [2.45, 2.75) is 26.3 Å². The average Bonchev–Trinajstić information content (AvgIpc) is 2.97. The number of nitrogen functional groups attached to an aromatic ring is 1. The zero-order valence-electron chi connectivity index (χ0n) is 14.8. The molecule has 0 bridgehead atoms. The quantitative estimate of drug-likeness (QED) is 0.751. The van der Waals surface area contributed by atoms with Gasteiger partial charge < -0.3 is 15.2 Å². The molecule has 1 aromatic heterocycles. The second-order valence-corrected chi connectivity index (χ2v) is 6.21. The molecule has 0 aliphatic carbocycles. The molecular weight excluding hydrogens is 312 g/mol. The van der Waals surface area contributed by atoms with Crippen LogP contribution in [0, 0.1) is 0 Å². The average molecular weight is 336 g/mol. The smallest absolute Gasteiger partial charge is 0.253 e. The van der Waals surface area contributed by atoms with Crippen LogP contribution in [0.15, 0.2) is 48.5 Å². The van der Waals surface area contributed by atoms with E-state index in [1.54, 1.807) is 4.90 Å². The van der Waals surface area contributed by atoms with E-state index in [2.05, 4.69) is 22.5 Å². The van der Waals surface area contributed by atoms with Gasteiger partial charge in [0.25, 0.3) is 5.91 Å². The van der Waals surface area contributed by atoms with Gasteiger partial charge in [-0.15, -0.1) is 0 Å². The summed E-state index contributed by atoms with van der Waals surface area (Å²) in [4.78, 5) is 18.6. The topological polar surface area (TPSA) is 64.2 Å². The molecule has 5 heteroatoms. The third kappa shape index (κ3) is 3.50. The standard InChI is InChI=1S/C20H24N4O/c1-3-15-11-7-12-17-18(15)24(20(21)22-17)14-8-13-23(2)19(25)16-9-5-4-6-10-16/h4-7,9-12H,3,8,13-14H2,1-2H3,(H2,21,22). The van der Waals surface area contributed by atoms with Gasteiger partial charge in [0, 0.05) is 25.7 Å². The fourth-order valence-electron chi connectivity index (χ4n) is 3.16. The predicted octanol–water partition coefficient (Wildman–Crippen LogP) is 3.34. The Morgan fingerprint density at radius 2 is 1.92 bits per heavy atom. The summed E-state index contributed by atoms with van der Waals surface area (Å²) < 4.78 is 2.06. The molecule has 2 N–H and O–H groups in total. The van der Waals surface area contributed by atoms with Gasteiger partial charge in [0.15, 0.2) is 0 Å². The van der Waals surface area contributed by atoms with E-state index in [0.29, 0.717) is 18.1 Å². The van der Waals surface area contributed by atoms with E-state index in [-0.39, 0.29) is 5.91 Å². The molecule has 3 rings (SSSR count). The number of para-hydroxylation sites is 1. The Morgan fingerprint density at radius 1 is 1.16 bits per heavy atom. The number of fused-ring (bicyclic) bond motifs is 1. The number of anilines is 1. The van der Waals surface area contributed by atoms with Crippen LogP contribution in [-0.4, -0.2) is 34.0 Å². The summed E-state index contributed by atoms with van der Waals surface area (Å²) in [7, 11) is 1.84. The summed E-state index contributed by atoms with van der Waals surface area (Å²) >= 11 is 0. The van der Waals surface area contributed by atoms with Crippen molar-refractivity contribution in [1.82, 2.24) is 14.5 Å². The van der Waals surface area contributed by atoms with Gasteiger partial charge in [0.1, 0.15) is 0 Å². The lowest BCUT2D eigenvalue weighted by Crippen LogP contribution is -2.28. The van der Waals surface area contributed by atoms with Gasteiger partial charge >= 0.3 is 0 Å². The summed E-state index contributed by atoms with van der Waals surface area (Å²) in [6.07, 6.45) is 1.76. The number of aromatic nitrogens is 2. The molecule has 2 aromatic carbocycles. The first-order valence-corrected chi connectivity index (χ1v) is 8.66. The van der Waals surface area contributed by atoms with Crippen molar-refractivity contribution in [3.63, 3.8) is 0 Å². The maximum absolute atomic E-state index is 12.4. The molecule has 130 valence electrons. The number of hydrogen-bond donors (Lipinski definition) is 1. The molecule has 0 spiro atoms. The molecule has 25 heavy (non-hydrogen) atoms. The van der Waals surface area contributed by atoms with Gasteiger partial charge in [-0.25, -0.2) is 4.98 Å². The minimum Gasteiger partial charge on any atom is -0.369 e. The molecule has 0 saturated carbocycles. The molecule has 3 aromatic rings. The Kier molecular flexibility index (Phi) is 5.03. The van der Waals surface area contributed by atoms with Crippen LogP contribution in [0.3, 0.4) is 0 Å². The van der Waals surface area contributed by atoms with E-state index in [4.69, 9.17) is 5.73 Å². The van der Waals surface area contributed by atoms with Crippen LogP contribution in [0.2, 0.25) is 0 Å². The molecule has 0 saturated heterocycles. The maximum atomic E-state index is 12.4. The lowest BCUT2D eigenvalue weighted by molar-refractivity contribution is 0.0792. The number of nitrogens with zero attached hydrogens (tertiary/aromatic N) is 3. The number of nitrogens with two attached hydrogens (primary N) is 1. The Labute approximate surface area is 148 Å². The summed E-state index contributed by atoms with van der Waals surface area (Å²) in [5, 5.41) is 0. The van der Waals surface area contributed by atoms with E-state index in [0.717, 1.165) is 30.4 Å². The van der Waals surface area contributed by atoms with Crippen LogP contribution in [-0.2, 0) is 13.0 Å². The number of imidazole rings is 1. The van der Waals surface area contributed by atoms with Crippen molar-refractivity contribution in [3.8, 4) is 0 Å². The van der Waals surface area contributed by atoms with Gasteiger partial charge in [-0.1, -0.05) is 37.3 Å². The second kappa shape index (κ2) is 7.38. The van der Waals surface area contributed by atoms with Crippen LogP contribution in [0.1, 0.15) is 29.3 Å². The first-order chi connectivity index (χ1) is 12.1. The van der Waals surface area contributed by atoms with Crippen LogP contribution < -0.4 is 5.73 Å². The molecule has 0 aliphatic heterocycles. The molecule has 0 unspecified atom stereocenters. The molecule has 0 atom stereocenters. The zero-order chi connectivity index (χ0) is 17.8. The molecule has 1 heterocycles. The number of amides is 1. The first kappa shape index (κ1) is 17.0. The highest BCUT2D eigenvalue weighted by Gasteiger charge is 2.13. The van der Waals surface area contributed by atoms with E-state index in [1.807, 2.05) is 49.5 Å². The van der Waals surface area contributed by atoms with E-state index in [1.165, 1.54) is 5.56 Å². The molecule has 1 amide bonds. The van der Waals surface area contributed by atoms with E-state index < -0.39 is 0 Å². The lowest BCUT2D eigenvalue weighted by Gasteiger charge is -2.18. The second-order valence-electron chi connectivity index (χ2n) is 6.21. The van der Waals surface area contributed by atoms with Crippen molar-refractivity contribution in [2.75, 3.05) is 19.3 Å². The summed E-state index contributed by atoms with van der Waals surface area (Å²) in [6, 6.07) is 15.5. The summed E-state index contributed by atoms with van der Waals surface area (Å²) in [6.45, 7) is 3.54. The van der Waals surface area contributed by atoms with Crippen molar-refractivity contribution >= 4 is 22.9 Å². The summed E-state index contributed by atoms with van der Waals surface area (Å²) in [5.74, 6) is 0.575. The Balaban J connectivity index is 1.69. The third-order valence-corrected chi connectivity index (χ3v) is 4.50. The monoisotopic (exact) mass is 336 g/mol. The number of rotatable bonds is 6. The lowest BCUT2D eigenvalue weighted by atomic mass is 10.1. The van der Waals surface area contributed by atoms with Crippen molar-refractivity contribution in [3.05, 3.63) is 59.7 Å². The zero-order valence-corrected chi connectivity index (χ0v) is 14.8. The highest BCUT2D eigenvalue weighted by Crippen LogP contribution is 2.22. The number of carbonyl (C=O) groups is 1. The van der Waals surface area contributed by atoms with Gasteiger partial charge in [-0.2, -0.15) is 0 Å². The van der Waals surface area contributed by atoms with Crippen LogP contribution in [0.5, 0.6) is 0 Å². The van der Waals surface area contributed by atoms with Gasteiger partial charge in [0.2, 0.25) is 5.95 Å². The van der Waals surface area contributed by atoms with Crippen LogP contribution in [0.4, 0.5) is 5.95 Å². The highest BCUT2D eigenvalue weighted by molar-refractivity contribution is 5.93. The molecule has 5 nitrogen and oxygen atoms in total. The summed E-state index contributed by atoms with van der Waals surface area (Å²) in [5.41, 5.74) is 10.1. The minimum atomic E-state index is 0.0401. The van der Waals surface area contributed by atoms with Crippen molar-refractivity contribution in [2.24, 2.45) is 0 Å². The van der Waals surface area contributed by atoms with Gasteiger partial charge in [-0.3, -0.25) is 4.79 Å². The predicted molar refractivity (Wildman–Crippen MR) is 102 cm³/mol. The third-order valence-electron chi connectivity index (χ3n) is 4.50. The number of benzene rings is 2. The van der Waals surface area contributed by atoms with E-state index >= 15 is 0 Å². The van der Waals surface area contributed by atoms with E-state index in [9.17, 15) is 4.79 Å². The molecule has 0 fully saturated rings. The Bertz CT molecular complexity index is 870. The van der Waals surface area contributed by atoms with Gasteiger partial charge in [0.05, 0.1) is 11.0 Å². The first-order valence-electron chi connectivity index (χ1n) is 8.66. The van der Waals surface area contributed by atoms with Gasteiger partial charge in [-0.05, 0) is 36.6 Å². The van der Waals surface area contributed by atoms with Crippen LogP contribution >= 0.6 is 0 Å². The normalized spacial score (nSPS) is 11.0. The number of hydrogen-bond acceptors (Lipinski definition) is 3. The minimum absolute atomic E-state index is 0.0401. The Morgan fingerprint density at radius 3 is 2.64 bits per heavy atom. The molecule has 0 aliphatic rings. The fraction of sp³-hybridized carbons (Fsp3) is 0.300. The molecular formula is C20H24N4O. The SMILES string of the molecule is CCc1cccc2nc(N)n(CCCN(C)C(=O)c3ccccc3)c12. The highest BCUT2D eigenvalue weighted by atomic mass is 16.2. The van der Waals surface area contributed by atoms with Crippen LogP contribution in [0.25, 0.3) is 11.0 Å². The fourth-order valence-corrected chi connectivity index (χ4v) is 3.16. The number of carbonyl (C=O) groups excluding carboxylic acids is 1. The maximum Gasteiger partial charge on any atom is 0.253 e. The van der Waals surface area contributed by atoms with Crippen molar-refractivity contribution in [1.29, 1.82) is 0 Å². The number of aryl methyl sites for hydroxylation is 2. The largest absolute Gasteiger partial charge is 0.369 e. The Hall–Kier alpha value is -2.82. The van der Waals surface area contributed by atoms with Crippen molar-refractivity contribution < 1.29 is 4.79 Å². The molecule has 0 radical (unpaired) electrons.